The van der Waals surface area contributed by atoms with Crippen molar-refractivity contribution in [2.24, 2.45) is 0 Å². The molecule has 2 rings (SSSR count). The summed E-state index contributed by atoms with van der Waals surface area (Å²) in [5.74, 6) is 1.76. The molecule has 0 fully saturated rings. The molecule has 0 unspecified atom stereocenters. The molecule has 0 aromatic carbocycles. The summed E-state index contributed by atoms with van der Waals surface area (Å²) >= 11 is 1.26. The molecule has 16 heavy (non-hydrogen) atoms. The van der Waals surface area contributed by atoms with Gasteiger partial charge in [0.1, 0.15) is 12.2 Å². The Morgan fingerprint density at radius 2 is 2.50 bits per heavy atom. The lowest BCUT2D eigenvalue weighted by Crippen LogP contribution is -2.02. The first kappa shape index (κ1) is 10.7. The molecule has 2 aromatic heterocycles. The molecule has 0 spiro atoms. The maximum atomic E-state index is 5.67. The van der Waals surface area contributed by atoms with Crippen LogP contribution in [0.1, 0.15) is 12.7 Å². The van der Waals surface area contributed by atoms with E-state index in [1.165, 1.54) is 17.9 Å². The summed E-state index contributed by atoms with van der Waals surface area (Å²) in [4.78, 5) is 4.00. The largest absolute Gasteiger partial charge is 0.487 e. The molecule has 0 saturated heterocycles. The van der Waals surface area contributed by atoms with Gasteiger partial charge in [-0.3, -0.25) is 5.10 Å². The number of nitrogens with zero attached hydrogens (tertiary/aromatic N) is 3. The van der Waals surface area contributed by atoms with E-state index in [9.17, 15) is 0 Å². The quantitative estimate of drug-likeness (QED) is 0.716. The maximum absolute atomic E-state index is 5.67. The van der Waals surface area contributed by atoms with Crippen molar-refractivity contribution in [1.82, 2.24) is 19.6 Å². The number of aromatic amines is 1. The Balaban J connectivity index is 2.03. The number of ether oxygens (including phenoxy) is 1. The fourth-order valence-electron chi connectivity index (χ4n) is 1.17. The smallest absolute Gasteiger partial charge is 0.197 e. The van der Waals surface area contributed by atoms with Gasteiger partial charge in [0, 0.05) is 0 Å². The zero-order valence-electron chi connectivity index (χ0n) is 8.73. The highest BCUT2D eigenvalue weighted by atomic mass is 32.1. The highest BCUT2D eigenvalue weighted by Crippen LogP contribution is 2.35. The fourth-order valence-corrected chi connectivity index (χ4v) is 1.83. The van der Waals surface area contributed by atoms with Gasteiger partial charge < -0.3 is 15.8 Å². The van der Waals surface area contributed by atoms with Crippen LogP contribution in [0.2, 0.25) is 0 Å². The SMILES string of the molecule is CCOc1c(N)nsc1NCc1ncn[nH]1. The van der Waals surface area contributed by atoms with Gasteiger partial charge in [0.2, 0.25) is 0 Å². The van der Waals surface area contributed by atoms with E-state index < -0.39 is 0 Å². The van der Waals surface area contributed by atoms with E-state index in [1.807, 2.05) is 6.92 Å². The Morgan fingerprint density at radius 3 is 3.19 bits per heavy atom. The van der Waals surface area contributed by atoms with Gasteiger partial charge in [0.15, 0.2) is 16.6 Å². The van der Waals surface area contributed by atoms with Crippen molar-refractivity contribution in [3.63, 3.8) is 0 Å². The topological polar surface area (TPSA) is 102 Å². The normalized spacial score (nSPS) is 10.3. The summed E-state index contributed by atoms with van der Waals surface area (Å²) < 4.78 is 9.41. The molecule has 2 heterocycles. The number of hydrogen-bond donors (Lipinski definition) is 3. The van der Waals surface area contributed by atoms with Crippen LogP contribution >= 0.6 is 11.5 Å². The van der Waals surface area contributed by atoms with Crippen LogP contribution in [-0.4, -0.2) is 26.2 Å². The Labute approximate surface area is 96.2 Å². The molecular formula is C8H12N6OS. The average molecular weight is 240 g/mol. The molecule has 0 saturated carbocycles. The molecule has 8 heteroatoms. The van der Waals surface area contributed by atoms with E-state index in [0.29, 0.717) is 24.7 Å². The van der Waals surface area contributed by atoms with Crippen LogP contribution in [0.15, 0.2) is 6.33 Å². The molecule has 0 aliphatic rings. The zero-order valence-corrected chi connectivity index (χ0v) is 9.54. The summed E-state index contributed by atoms with van der Waals surface area (Å²) in [6, 6.07) is 0. The standard InChI is InChI=1S/C8H12N6OS/c1-2-15-6-7(9)14-16-8(6)10-3-5-11-4-12-13-5/h4,10H,2-3H2,1H3,(H2,9,14)(H,11,12,13). The maximum Gasteiger partial charge on any atom is 0.197 e. The number of rotatable bonds is 5. The van der Waals surface area contributed by atoms with Gasteiger partial charge in [-0.1, -0.05) is 0 Å². The minimum atomic E-state index is 0.409. The molecule has 0 aliphatic carbocycles. The lowest BCUT2D eigenvalue weighted by Gasteiger charge is -2.05. The summed E-state index contributed by atoms with van der Waals surface area (Å²) in [5, 5.41) is 10.4. The van der Waals surface area contributed by atoms with Crippen molar-refractivity contribution in [3.8, 4) is 5.75 Å². The highest BCUT2D eigenvalue weighted by Gasteiger charge is 2.12. The second-order valence-electron chi connectivity index (χ2n) is 2.94. The van der Waals surface area contributed by atoms with E-state index in [1.54, 1.807) is 0 Å². The molecular weight excluding hydrogens is 228 g/mol. The third-order valence-electron chi connectivity index (χ3n) is 1.84. The minimum absolute atomic E-state index is 0.409. The number of nitrogens with two attached hydrogens (primary N) is 1. The van der Waals surface area contributed by atoms with Gasteiger partial charge >= 0.3 is 0 Å². The van der Waals surface area contributed by atoms with E-state index in [2.05, 4.69) is 24.9 Å². The van der Waals surface area contributed by atoms with E-state index in [-0.39, 0.29) is 0 Å². The van der Waals surface area contributed by atoms with Gasteiger partial charge in [-0.05, 0) is 18.5 Å². The van der Waals surface area contributed by atoms with Crippen LogP contribution in [0.25, 0.3) is 0 Å². The van der Waals surface area contributed by atoms with Crippen LogP contribution in [0.4, 0.5) is 10.8 Å². The summed E-state index contributed by atoms with van der Waals surface area (Å²) in [7, 11) is 0. The molecule has 7 nitrogen and oxygen atoms in total. The van der Waals surface area contributed by atoms with Gasteiger partial charge in [-0.2, -0.15) is 9.47 Å². The zero-order chi connectivity index (χ0) is 11.4. The van der Waals surface area contributed by atoms with Crippen molar-refractivity contribution in [1.29, 1.82) is 0 Å². The molecule has 0 radical (unpaired) electrons. The Kier molecular flexibility index (Phi) is 3.20. The van der Waals surface area contributed by atoms with Crippen molar-refractivity contribution < 1.29 is 4.74 Å². The van der Waals surface area contributed by atoms with E-state index in [0.717, 1.165) is 10.8 Å². The number of aromatic nitrogens is 4. The molecule has 0 bridgehead atoms. The third kappa shape index (κ3) is 2.22. The van der Waals surface area contributed by atoms with Crippen LogP contribution in [0.3, 0.4) is 0 Å². The van der Waals surface area contributed by atoms with Gasteiger partial charge in [-0.15, -0.1) is 0 Å². The lowest BCUT2D eigenvalue weighted by atomic mass is 10.5. The monoisotopic (exact) mass is 240 g/mol. The van der Waals surface area contributed by atoms with Crippen LogP contribution < -0.4 is 15.8 Å². The second-order valence-corrected chi connectivity index (χ2v) is 3.72. The Bertz CT molecular complexity index is 439. The van der Waals surface area contributed by atoms with Gasteiger partial charge in [-0.25, -0.2) is 4.98 Å². The van der Waals surface area contributed by atoms with E-state index in [4.69, 9.17) is 10.5 Å². The lowest BCUT2D eigenvalue weighted by molar-refractivity contribution is 0.344. The second kappa shape index (κ2) is 4.79. The van der Waals surface area contributed by atoms with Gasteiger partial charge in [0.25, 0.3) is 0 Å². The number of hydrogen-bond acceptors (Lipinski definition) is 7. The van der Waals surface area contributed by atoms with Crippen LogP contribution in [0, 0.1) is 0 Å². The molecule has 2 aromatic rings. The Hall–Kier alpha value is -1.83. The van der Waals surface area contributed by atoms with Crippen molar-refractivity contribution in [2.75, 3.05) is 17.7 Å². The minimum Gasteiger partial charge on any atom is -0.487 e. The number of H-pyrrole nitrogens is 1. The first-order valence-corrected chi connectivity index (χ1v) is 5.54. The summed E-state index contributed by atoms with van der Waals surface area (Å²) in [6.45, 7) is 2.98. The van der Waals surface area contributed by atoms with Gasteiger partial charge in [0.05, 0.1) is 13.2 Å². The number of nitrogens with one attached hydrogen (secondary N) is 2. The molecule has 0 aliphatic heterocycles. The third-order valence-corrected chi connectivity index (χ3v) is 2.64. The first-order valence-electron chi connectivity index (χ1n) is 4.77. The molecule has 0 amide bonds. The summed E-state index contributed by atoms with van der Waals surface area (Å²) in [6.07, 6.45) is 1.46. The summed E-state index contributed by atoms with van der Waals surface area (Å²) in [5.41, 5.74) is 5.67. The van der Waals surface area contributed by atoms with Crippen molar-refractivity contribution >= 4 is 22.4 Å². The number of nitrogen functional groups attached to an aromatic ring is 1. The highest BCUT2D eigenvalue weighted by molar-refractivity contribution is 7.11. The van der Waals surface area contributed by atoms with E-state index >= 15 is 0 Å². The van der Waals surface area contributed by atoms with Crippen molar-refractivity contribution in [3.05, 3.63) is 12.2 Å². The Morgan fingerprint density at radius 1 is 1.62 bits per heavy atom. The fraction of sp³-hybridized carbons (Fsp3) is 0.375. The number of anilines is 2. The molecule has 4 N–H and O–H groups in total. The van der Waals surface area contributed by atoms with Crippen LogP contribution in [-0.2, 0) is 6.54 Å². The first-order chi connectivity index (χ1) is 7.81. The predicted molar refractivity (Wildman–Crippen MR) is 61.4 cm³/mol. The van der Waals surface area contributed by atoms with Crippen molar-refractivity contribution in [2.45, 2.75) is 13.5 Å². The molecule has 0 atom stereocenters. The van der Waals surface area contributed by atoms with Crippen LogP contribution in [0.5, 0.6) is 5.75 Å². The average Bonchev–Trinajstić information content (AvgIpc) is 2.89. The predicted octanol–water partition coefficient (Wildman–Crippen LogP) is 0.854. The molecule has 86 valence electrons.